The maximum absolute atomic E-state index is 12.3. The Morgan fingerprint density at radius 2 is 2.10 bits per heavy atom. The van der Waals surface area contributed by atoms with Crippen LogP contribution in [0.25, 0.3) is 0 Å². The summed E-state index contributed by atoms with van der Waals surface area (Å²) in [5, 5.41) is 3.46. The number of carbonyl (C=O) groups excluding carboxylic acids is 2. The van der Waals surface area contributed by atoms with Gasteiger partial charge in [-0.2, -0.15) is 0 Å². The second-order valence-corrected chi connectivity index (χ2v) is 5.39. The van der Waals surface area contributed by atoms with Gasteiger partial charge in [0.1, 0.15) is 5.92 Å². The zero-order valence-electron chi connectivity index (χ0n) is 11.6. The van der Waals surface area contributed by atoms with Crippen LogP contribution in [0.1, 0.15) is 26.2 Å². The summed E-state index contributed by atoms with van der Waals surface area (Å²) in [6, 6.07) is 7.10. The van der Waals surface area contributed by atoms with Crippen LogP contribution in [-0.4, -0.2) is 24.9 Å². The van der Waals surface area contributed by atoms with Gasteiger partial charge in [-0.1, -0.05) is 24.9 Å². The zero-order valence-corrected chi connectivity index (χ0v) is 12.3. The number of halogens is 1. The monoisotopic (exact) mass is 294 g/mol. The van der Waals surface area contributed by atoms with Gasteiger partial charge >= 0.3 is 0 Å². The van der Waals surface area contributed by atoms with Gasteiger partial charge in [-0.25, -0.2) is 0 Å². The minimum absolute atomic E-state index is 0.124. The fourth-order valence-corrected chi connectivity index (χ4v) is 2.44. The van der Waals surface area contributed by atoms with Crippen molar-refractivity contribution in [1.29, 1.82) is 0 Å². The molecule has 1 heterocycles. The average molecular weight is 295 g/mol. The van der Waals surface area contributed by atoms with Crippen LogP contribution in [0.3, 0.4) is 0 Å². The van der Waals surface area contributed by atoms with Crippen molar-refractivity contribution in [3.05, 3.63) is 29.3 Å². The van der Waals surface area contributed by atoms with E-state index in [1.165, 1.54) is 0 Å². The Hall–Kier alpha value is -1.55. The van der Waals surface area contributed by atoms with Crippen LogP contribution in [-0.2, 0) is 9.59 Å². The minimum atomic E-state index is -0.553. The molecule has 1 aliphatic rings. The fraction of sp³-hybridized carbons (Fsp3) is 0.467. The van der Waals surface area contributed by atoms with Crippen LogP contribution < -0.4 is 10.2 Å². The van der Waals surface area contributed by atoms with E-state index in [0.717, 1.165) is 18.5 Å². The van der Waals surface area contributed by atoms with Crippen molar-refractivity contribution >= 4 is 29.1 Å². The molecule has 5 heteroatoms. The Morgan fingerprint density at radius 3 is 2.75 bits per heavy atom. The molecule has 0 unspecified atom stereocenters. The quantitative estimate of drug-likeness (QED) is 0.670. The highest BCUT2D eigenvalue weighted by molar-refractivity contribution is 6.30. The summed E-state index contributed by atoms with van der Waals surface area (Å²) < 4.78 is 0. The number of hydrogen-bond acceptors (Lipinski definition) is 2. The van der Waals surface area contributed by atoms with Crippen LogP contribution in [0.15, 0.2) is 24.3 Å². The van der Waals surface area contributed by atoms with Crippen molar-refractivity contribution in [2.24, 2.45) is 5.92 Å². The first kappa shape index (κ1) is 14.9. The van der Waals surface area contributed by atoms with Crippen molar-refractivity contribution < 1.29 is 9.59 Å². The third kappa shape index (κ3) is 3.31. The highest BCUT2D eigenvalue weighted by atomic mass is 35.5. The van der Waals surface area contributed by atoms with Gasteiger partial charge < -0.3 is 10.2 Å². The molecule has 4 nitrogen and oxygen atoms in total. The van der Waals surface area contributed by atoms with Gasteiger partial charge in [0.05, 0.1) is 0 Å². The predicted octanol–water partition coefficient (Wildman–Crippen LogP) is 2.61. The van der Waals surface area contributed by atoms with Gasteiger partial charge in [0, 0.05) is 23.8 Å². The molecule has 2 amide bonds. The van der Waals surface area contributed by atoms with Gasteiger partial charge in [0.25, 0.3) is 0 Å². The summed E-state index contributed by atoms with van der Waals surface area (Å²) in [7, 11) is 0. The molecule has 1 fully saturated rings. The van der Waals surface area contributed by atoms with Gasteiger partial charge in [0.2, 0.25) is 11.8 Å². The molecule has 20 heavy (non-hydrogen) atoms. The molecule has 1 N–H and O–H groups in total. The molecule has 0 radical (unpaired) electrons. The lowest BCUT2D eigenvalue weighted by atomic mass is 10.1. The number of benzene rings is 1. The molecule has 0 saturated carbocycles. The Bertz CT molecular complexity index is 487. The first-order chi connectivity index (χ1) is 9.63. The second-order valence-electron chi connectivity index (χ2n) is 4.95. The van der Waals surface area contributed by atoms with Crippen LogP contribution in [0.4, 0.5) is 5.69 Å². The maximum atomic E-state index is 12.3. The van der Waals surface area contributed by atoms with Crippen molar-refractivity contribution in [2.45, 2.75) is 26.2 Å². The van der Waals surface area contributed by atoms with Gasteiger partial charge in [-0.05, 0) is 37.1 Å². The lowest BCUT2D eigenvalue weighted by molar-refractivity contribution is -0.132. The Balaban J connectivity index is 1.98. The molecular weight excluding hydrogens is 276 g/mol. The topological polar surface area (TPSA) is 49.4 Å². The van der Waals surface area contributed by atoms with E-state index >= 15 is 0 Å². The van der Waals surface area contributed by atoms with Crippen molar-refractivity contribution in [3.63, 3.8) is 0 Å². The number of amides is 2. The zero-order chi connectivity index (χ0) is 14.5. The summed E-state index contributed by atoms with van der Waals surface area (Å²) in [6.07, 6.45) is 2.53. The van der Waals surface area contributed by atoms with E-state index in [1.54, 1.807) is 29.2 Å². The Morgan fingerprint density at radius 1 is 1.40 bits per heavy atom. The molecule has 0 bridgehead atoms. The number of carbonyl (C=O) groups is 2. The summed E-state index contributed by atoms with van der Waals surface area (Å²) in [5.74, 6) is -0.830. The maximum Gasteiger partial charge on any atom is 0.239 e. The molecule has 0 aliphatic carbocycles. The number of hydrogen-bond donors (Lipinski definition) is 1. The standard InChI is InChI=1S/C15H19ClN2O2/c1-2-3-9-17-14(19)13-8-10-18(15(13)20)12-6-4-11(16)5-7-12/h4-7,13H,2-3,8-10H2,1H3,(H,17,19)/t13-/m0/s1. The van der Waals surface area contributed by atoms with Crippen molar-refractivity contribution in [2.75, 3.05) is 18.0 Å². The summed E-state index contributed by atoms with van der Waals surface area (Å²) in [4.78, 5) is 25.9. The molecule has 1 atom stereocenters. The van der Waals surface area contributed by atoms with Crippen LogP contribution in [0.5, 0.6) is 0 Å². The number of nitrogens with one attached hydrogen (secondary N) is 1. The fourth-order valence-electron chi connectivity index (χ4n) is 2.31. The number of nitrogens with zero attached hydrogens (tertiary/aromatic N) is 1. The molecule has 1 aromatic carbocycles. The van der Waals surface area contributed by atoms with Crippen molar-refractivity contribution in [1.82, 2.24) is 5.32 Å². The normalized spacial score (nSPS) is 18.4. The third-order valence-electron chi connectivity index (χ3n) is 3.49. The van der Waals surface area contributed by atoms with Crippen LogP contribution in [0, 0.1) is 5.92 Å². The Labute approximate surface area is 124 Å². The predicted molar refractivity (Wildman–Crippen MR) is 79.8 cm³/mol. The summed E-state index contributed by atoms with van der Waals surface area (Å²) >= 11 is 5.84. The smallest absolute Gasteiger partial charge is 0.239 e. The molecule has 108 valence electrons. The number of rotatable bonds is 5. The average Bonchev–Trinajstić information content (AvgIpc) is 2.82. The van der Waals surface area contributed by atoms with E-state index in [1.807, 2.05) is 0 Å². The molecule has 1 aliphatic heterocycles. The molecule has 1 saturated heterocycles. The SMILES string of the molecule is CCCCNC(=O)[C@@H]1CCN(c2ccc(Cl)cc2)C1=O. The third-order valence-corrected chi connectivity index (χ3v) is 3.74. The van der Waals surface area contributed by atoms with E-state index in [0.29, 0.717) is 24.5 Å². The highest BCUT2D eigenvalue weighted by Crippen LogP contribution is 2.26. The lowest BCUT2D eigenvalue weighted by Gasteiger charge is -2.16. The van der Waals surface area contributed by atoms with Crippen molar-refractivity contribution in [3.8, 4) is 0 Å². The van der Waals surface area contributed by atoms with E-state index in [-0.39, 0.29) is 11.8 Å². The molecular formula is C15H19ClN2O2. The van der Waals surface area contributed by atoms with E-state index < -0.39 is 5.92 Å². The van der Waals surface area contributed by atoms with E-state index in [9.17, 15) is 9.59 Å². The van der Waals surface area contributed by atoms with Gasteiger partial charge in [0.15, 0.2) is 0 Å². The highest BCUT2D eigenvalue weighted by Gasteiger charge is 2.37. The van der Waals surface area contributed by atoms with Gasteiger partial charge in [-0.15, -0.1) is 0 Å². The van der Waals surface area contributed by atoms with E-state index in [4.69, 9.17) is 11.6 Å². The second kappa shape index (κ2) is 6.75. The van der Waals surface area contributed by atoms with Crippen LogP contribution >= 0.6 is 11.6 Å². The molecule has 2 rings (SSSR count). The number of unbranched alkanes of at least 4 members (excludes halogenated alkanes) is 1. The first-order valence-corrected chi connectivity index (χ1v) is 7.36. The van der Waals surface area contributed by atoms with Gasteiger partial charge in [-0.3, -0.25) is 9.59 Å². The molecule has 0 aromatic heterocycles. The van der Waals surface area contributed by atoms with Crippen LogP contribution in [0.2, 0.25) is 5.02 Å². The lowest BCUT2D eigenvalue weighted by Crippen LogP contribution is -2.37. The summed E-state index contributed by atoms with van der Waals surface area (Å²) in [5.41, 5.74) is 0.795. The number of anilines is 1. The first-order valence-electron chi connectivity index (χ1n) is 6.98. The Kier molecular flexibility index (Phi) is 5.01. The molecule has 1 aromatic rings. The summed E-state index contributed by atoms with van der Waals surface area (Å²) in [6.45, 7) is 3.28. The minimum Gasteiger partial charge on any atom is -0.355 e. The largest absolute Gasteiger partial charge is 0.355 e. The molecule has 0 spiro atoms. The van der Waals surface area contributed by atoms with E-state index in [2.05, 4.69) is 12.2 Å².